The van der Waals surface area contributed by atoms with Gasteiger partial charge in [0, 0.05) is 18.8 Å². The number of nitrogen functional groups attached to an aromatic ring is 1. The van der Waals surface area contributed by atoms with Gasteiger partial charge in [-0.25, -0.2) is 4.68 Å². The molecule has 5 heteroatoms. The summed E-state index contributed by atoms with van der Waals surface area (Å²) in [6.45, 7) is 3.42. The molecule has 2 heterocycles. The highest BCUT2D eigenvalue weighted by molar-refractivity contribution is 5.48. The lowest BCUT2D eigenvalue weighted by atomic mass is 10.3. The van der Waals surface area contributed by atoms with Crippen LogP contribution >= 0.6 is 0 Å². The van der Waals surface area contributed by atoms with Crippen LogP contribution in [0.1, 0.15) is 0 Å². The summed E-state index contributed by atoms with van der Waals surface area (Å²) in [5.74, 6) is 0. The minimum absolute atomic E-state index is 0.763. The van der Waals surface area contributed by atoms with E-state index in [1.807, 2.05) is 41.3 Å². The van der Waals surface area contributed by atoms with Crippen LogP contribution < -0.4 is 10.6 Å². The number of rotatable bonds is 2. The minimum Gasteiger partial charge on any atom is -0.399 e. The van der Waals surface area contributed by atoms with Gasteiger partial charge in [-0.3, -0.25) is 0 Å². The Balaban J connectivity index is 1.82. The van der Waals surface area contributed by atoms with E-state index in [0.29, 0.717) is 0 Å². The molecule has 1 saturated heterocycles. The highest BCUT2D eigenvalue weighted by Crippen LogP contribution is 2.17. The number of benzene rings is 1. The molecule has 0 aliphatic carbocycles. The maximum absolute atomic E-state index is 5.68. The number of hydrogen-bond donors (Lipinski definition) is 1. The smallest absolute Gasteiger partial charge is 0.0758 e. The van der Waals surface area contributed by atoms with Crippen LogP contribution in [-0.4, -0.2) is 36.1 Å². The van der Waals surface area contributed by atoms with Gasteiger partial charge in [0.15, 0.2) is 0 Å². The van der Waals surface area contributed by atoms with E-state index in [4.69, 9.17) is 10.5 Å². The van der Waals surface area contributed by atoms with Crippen LogP contribution in [0.25, 0.3) is 5.69 Å². The Morgan fingerprint density at radius 2 is 1.78 bits per heavy atom. The first-order valence-electron chi connectivity index (χ1n) is 6.06. The van der Waals surface area contributed by atoms with Crippen LogP contribution in [0.4, 0.5) is 11.4 Å². The predicted octanol–water partition coefficient (Wildman–Crippen LogP) is 1.29. The molecule has 1 aliphatic heterocycles. The Kier molecular flexibility index (Phi) is 2.90. The van der Waals surface area contributed by atoms with Crippen molar-refractivity contribution in [3.63, 3.8) is 0 Å². The van der Waals surface area contributed by atoms with Crippen molar-refractivity contribution in [2.45, 2.75) is 0 Å². The number of hydrogen-bond acceptors (Lipinski definition) is 4. The van der Waals surface area contributed by atoms with Gasteiger partial charge in [-0.15, -0.1) is 0 Å². The molecule has 0 atom stereocenters. The normalized spacial score (nSPS) is 15.9. The summed E-state index contributed by atoms with van der Waals surface area (Å²) in [4.78, 5) is 2.28. The zero-order valence-corrected chi connectivity index (χ0v) is 10.1. The van der Waals surface area contributed by atoms with Gasteiger partial charge in [0.25, 0.3) is 0 Å². The third kappa shape index (κ3) is 2.17. The van der Waals surface area contributed by atoms with Gasteiger partial charge >= 0.3 is 0 Å². The van der Waals surface area contributed by atoms with E-state index in [9.17, 15) is 0 Å². The molecule has 1 aromatic carbocycles. The van der Waals surface area contributed by atoms with Gasteiger partial charge in [-0.2, -0.15) is 5.10 Å². The van der Waals surface area contributed by atoms with Crippen LogP contribution in [-0.2, 0) is 4.74 Å². The summed E-state index contributed by atoms with van der Waals surface area (Å²) in [5.41, 5.74) is 8.59. The van der Waals surface area contributed by atoms with Crippen LogP contribution in [0.3, 0.4) is 0 Å². The average Bonchev–Trinajstić information content (AvgIpc) is 2.90. The van der Waals surface area contributed by atoms with Gasteiger partial charge in [0.2, 0.25) is 0 Å². The van der Waals surface area contributed by atoms with Crippen molar-refractivity contribution in [1.29, 1.82) is 0 Å². The van der Waals surface area contributed by atoms with Gasteiger partial charge in [0.1, 0.15) is 0 Å². The highest BCUT2D eigenvalue weighted by Gasteiger charge is 2.13. The van der Waals surface area contributed by atoms with E-state index in [1.165, 1.54) is 0 Å². The average molecular weight is 244 g/mol. The van der Waals surface area contributed by atoms with Gasteiger partial charge in [0.05, 0.1) is 37.0 Å². The Morgan fingerprint density at radius 3 is 2.50 bits per heavy atom. The highest BCUT2D eigenvalue weighted by atomic mass is 16.5. The summed E-state index contributed by atoms with van der Waals surface area (Å²) < 4.78 is 7.21. The summed E-state index contributed by atoms with van der Waals surface area (Å²) in [6, 6.07) is 7.69. The van der Waals surface area contributed by atoms with Crippen LogP contribution in [0.2, 0.25) is 0 Å². The fraction of sp³-hybridized carbons (Fsp3) is 0.308. The lowest BCUT2D eigenvalue weighted by Crippen LogP contribution is -2.35. The summed E-state index contributed by atoms with van der Waals surface area (Å²) in [6.07, 6.45) is 3.93. The summed E-state index contributed by atoms with van der Waals surface area (Å²) in [5, 5.41) is 4.38. The van der Waals surface area contributed by atoms with Crippen molar-refractivity contribution < 1.29 is 4.74 Å². The van der Waals surface area contributed by atoms with Crippen LogP contribution in [0, 0.1) is 0 Å². The van der Waals surface area contributed by atoms with E-state index in [2.05, 4.69) is 10.00 Å². The molecular formula is C13H16N4O. The largest absolute Gasteiger partial charge is 0.399 e. The summed E-state index contributed by atoms with van der Waals surface area (Å²) in [7, 11) is 0. The van der Waals surface area contributed by atoms with Crippen molar-refractivity contribution in [3.05, 3.63) is 36.7 Å². The fourth-order valence-corrected chi connectivity index (χ4v) is 2.07. The second-order valence-corrected chi connectivity index (χ2v) is 4.33. The van der Waals surface area contributed by atoms with E-state index in [1.54, 1.807) is 0 Å². The van der Waals surface area contributed by atoms with Crippen LogP contribution in [0.5, 0.6) is 0 Å². The Hall–Kier alpha value is -2.01. The Bertz CT molecular complexity index is 514. The van der Waals surface area contributed by atoms with E-state index in [-0.39, 0.29) is 0 Å². The zero-order chi connectivity index (χ0) is 12.4. The maximum atomic E-state index is 5.68. The van der Waals surface area contributed by atoms with Crippen molar-refractivity contribution in [1.82, 2.24) is 9.78 Å². The SMILES string of the molecule is Nc1ccc(-n2cc(N3CCOCC3)cn2)cc1. The fourth-order valence-electron chi connectivity index (χ4n) is 2.07. The molecule has 0 unspecified atom stereocenters. The molecule has 0 radical (unpaired) electrons. The van der Waals surface area contributed by atoms with E-state index in [0.717, 1.165) is 43.4 Å². The molecule has 0 bridgehead atoms. The maximum Gasteiger partial charge on any atom is 0.0758 e. The number of anilines is 2. The van der Waals surface area contributed by atoms with Gasteiger partial charge < -0.3 is 15.4 Å². The summed E-state index contributed by atoms with van der Waals surface area (Å²) >= 11 is 0. The molecule has 2 aromatic rings. The molecule has 1 fully saturated rings. The number of ether oxygens (including phenoxy) is 1. The predicted molar refractivity (Wildman–Crippen MR) is 71.0 cm³/mol. The van der Waals surface area contributed by atoms with Crippen LogP contribution in [0.15, 0.2) is 36.7 Å². The molecule has 0 spiro atoms. The number of nitrogens with zero attached hydrogens (tertiary/aromatic N) is 3. The second kappa shape index (κ2) is 4.70. The first-order chi connectivity index (χ1) is 8.83. The standard InChI is InChI=1S/C13H16N4O/c14-11-1-3-12(4-2-11)17-10-13(9-15-17)16-5-7-18-8-6-16/h1-4,9-10H,5-8,14H2. The number of aromatic nitrogens is 2. The van der Waals surface area contributed by atoms with Crippen molar-refractivity contribution in [2.24, 2.45) is 0 Å². The minimum atomic E-state index is 0.763. The van der Waals surface area contributed by atoms with Crippen molar-refractivity contribution in [2.75, 3.05) is 36.9 Å². The molecule has 5 nitrogen and oxygen atoms in total. The van der Waals surface area contributed by atoms with E-state index >= 15 is 0 Å². The first kappa shape index (κ1) is 11.1. The lowest BCUT2D eigenvalue weighted by molar-refractivity contribution is 0.122. The topological polar surface area (TPSA) is 56.3 Å². The molecular weight excluding hydrogens is 228 g/mol. The molecule has 2 N–H and O–H groups in total. The Morgan fingerprint density at radius 1 is 1.06 bits per heavy atom. The zero-order valence-electron chi connectivity index (χ0n) is 10.1. The number of morpholine rings is 1. The number of nitrogens with two attached hydrogens (primary N) is 1. The molecule has 1 aliphatic rings. The third-order valence-electron chi connectivity index (χ3n) is 3.10. The molecule has 3 rings (SSSR count). The molecule has 1 aromatic heterocycles. The quantitative estimate of drug-likeness (QED) is 0.809. The molecule has 0 amide bonds. The van der Waals surface area contributed by atoms with Crippen molar-refractivity contribution in [3.8, 4) is 5.69 Å². The van der Waals surface area contributed by atoms with E-state index < -0.39 is 0 Å². The molecule has 0 saturated carbocycles. The molecule has 94 valence electrons. The second-order valence-electron chi connectivity index (χ2n) is 4.33. The monoisotopic (exact) mass is 244 g/mol. The first-order valence-corrected chi connectivity index (χ1v) is 6.06. The van der Waals surface area contributed by atoms with Gasteiger partial charge in [-0.05, 0) is 24.3 Å². The third-order valence-corrected chi connectivity index (χ3v) is 3.10. The lowest BCUT2D eigenvalue weighted by Gasteiger charge is -2.27. The molecule has 18 heavy (non-hydrogen) atoms. The Labute approximate surface area is 106 Å². The van der Waals surface area contributed by atoms with Crippen molar-refractivity contribution >= 4 is 11.4 Å². The van der Waals surface area contributed by atoms with Gasteiger partial charge in [-0.1, -0.05) is 0 Å².